The third kappa shape index (κ3) is 6.62. The third-order valence-corrected chi connectivity index (χ3v) is 11.0. The van der Waals surface area contributed by atoms with Gasteiger partial charge < -0.3 is 25.6 Å². The highest BCUT2D eigenvalue weighted by molar-refractivity contribution is 7.93. The molecule has 2 aliphatic heterocycles. The first-order chi connectivity index (χ1) is 20.8. The van der Waals surface area contributed by atoms with E-state index in [4.69, 9.17) is 16.3 Å². The van der Waals surface area contributed by atoms with Crippen LogP contribution in [0.3, 0.4) is 0 Å². The lowest BCUT2D eigenvalue weighted by atomic mass is 10.0. The second-order valence-electron chi connectivity index (χ2n) is 11.3. The SMILES string of the molecule is COc1cc(N2CCC(N3CCNCC3)CC2)ccc1Nc1ncc(Cl)c(Nc2ccccc2N(C)S(=O)(=O)C2CC2)n1. The van der Waals surface area contributed by atoms with Crippen LogP contribution in [0.4, 0.5) is 34.5 Å². The van der Waals surface area contributed by atoms with E-state index >= 15 is 0 Å². The Morgan fingerprint density at radius 1 is 1.00 bits per heavy atom. The quantitative estimate of drug-likeness (QED) is 0.299. The zero-order valence-corrected chi connectivity index (χ0v) is 26.2. The van der Waals surface area contributed by atoms with Crippen LogP contribution in [0.2, 0.25) is 5.02 Å². The van der Waals surface area contributed by atoms with Gasteiger partial charge in [0.15, 0.2) is 5.82 Å². The number of halogens is 1. The minimum Gasteiger partial charge on any atom is -0.494 e. The number of benzene rings is 2. The molecule has 3 fully saturated rings. The van der Waals surface area contributed by atoms with Gasteiger partial charge in [0, 0.05) is 64.1 Å². The molecule has 3 aromatic rings. The van der Waals surface area contributed by atoms with Crippen LogP contribution in [0.5, 0.6) is 5.75 Å². The minimum absolute atomic E-state index is 0.305. The fraction of sp³-hybridized carbons (Fsp3) is 0.467. The van der Waals surface area contributed by atoms with Crippen molar-refractivity contribution >= 4 is 56.1 Å². The summed E-state index contributed by atoms with van der Waals surface area (Å²) >= 11 is 6.47. The molecule has 0 unspecified atom stereocenters. The van der Waals surface area contributed by atoms with Gasteiger partial charge in [-0.1, -0.05) is 23.7 Å². The molecule has 13 heteroatoms. The zero-order valence-electron chi connectivity index (χ0n) is 24.6. The van der Waals surface area contributed by atoms with E-state index in [1.54, 1.807) is 32.4 Å². The lowest BCUT2D eigenvalue weighted by molar-refractivity contribution is 0.150. The monoisotopic (exact) mass is 626 g/mol. The molecule has 230 valence electrons. The van der Waals surface area contributed by atoms with Crippen LogP contribution < -0.4 is 29.9 Å². The maximum Gasteiger partial charge on any atom is 0.237 e. The first-order valence-electron chi connectivity index (χ1n) is 14.8. The molecular weight excluding hydrogens is 588 g/mol. The van der Waals surface area contributed by atoms with Gasteiger partial charge in [-0.3, -0.25) is 9.21 Å². The number of hydrogen-bond acceptors (Lipinski definition) is 10. The van der Waals surface area contributed by atoms with Crippen molar-refractivity contribution in [3.05, 3.63) is 53.7 Å². The van der Waals surface area contributed by atoms with Crippen molar-refractivity contribution in [2.45, 2.75) is 37.0 Å². The summed E-state index contributed by atoms with van der Waals surface area (Å²) in [4.78, 5) is 14.0. The van der Waals surface area contributed by atoms with Gasteiger partial charge >= 0.3 is 0 Å². The van der Waals surface area contributed by atoms with Gasteiger partial charge in [-0.25, -0.2) is 13.4 Å². The summed E-state index contributed by atoms with van der Waals surface area (Å²) in [5.41, 5.74) is 2.95. The van der Waals surface area contributed by atoms with Gasteiger partial charge in [-0.15, -0.1) is 0 Å². The number of nitrogens with zero attached hydrogens (tertiary/aromatic N) is 5. The Bertz CT molecular complexity index is 1540. The minimum atomic E-state index is -3.43. The fourth-order valence-electron chi connectivity index (χ4n) is 5.86. The van der Waals surface area contributed by atoms with Gasteiger partial charge in [0.25, 0.3) is 0 Å². The van der Waals surface area contributed by atoms with Crippen LogP contribution in [0, 0.1) is 0 Å². The second kappa shape index (κ2) is 12.7. The Labute approximate surface area is 258 Å². The number of sulfonamides is 1. The smallest absolute Gasteiger partial charge is 0.237 e. The highest BCUT2D eigenvalue weighted by Crippen LogP contribution is 2.38. The summed E-state index contributed by atoms with van der Waals surface area (Å²) in [6.07, 6.45) is 5.20. The van der Waals surface area contributed by atoms with E-state index < -0.39 is 10.0 Å². The molecule has 3 heterocycles. The standard InChI is InChI=1S/C30H39ClN8O3S/c1-37(43(40,41)23-8-9-23)27-6-4-3-5-25(27)34-29-24(31)20-33-30(36-29)35-26-10-7-22(19-28(26)42-2)38-15-11-21(12-16-38)39-17-13-32-14-18-39/h3-7,10,19-21,23,32H,8-9,11-18H2,1-2H3,(H2,33,34,35,36). The molecule has 3 aliphatic rings. The first kappa shape index (κ1) is 29.7. The average Bonchev–Trinajstić information content (AvgIpc) is 3.90. The van der Waals surface area contributed by atoms with Gasteiger partial charge in [0.1, 0.15) is 10.8 Å². The normalized spacial score (nSPS) is 18.3. The summed E-state index contributed by atoms with van der Waals surface area (Å²) in [5, 5.41) is 9.90. The molecule has 1 aromatic heterocycles. The number of piperidine rings is 1. The van der Waals surface area contributed by atoms with Crippen molar-refractivity contribution < 1.29 is 13.2 Å². The van der Waals surface area contributed by atoms with Crippen LogP contribution in [0.1, 0.15) is 25.7 Å². The maximum absolute atomic E-state index is 12.9. The molecule has 3 N–H and O–H groups in total. The number of rotatable bonds is 10. The predicted octanol–water partition coefficient (Wildman–Crippen LogP) is 4.43. The van der Waals surface area contributed by atoms with E-state index in [1.807, 2.05) is 12.1 Å². The topological polar surface area (TPSA) is 115 Å². The molecule has 11 nitrogen and oxygen atoms in total. The van der Waals surface area contributed by atoms with E-state index in [9.17, 15) is 8.42 Å². The summed E-state index contributed by atoms with van der Waals surface area (Å²) in [6, 6.07) is 14.0. The number of anilines is 6. The molecule has 0 amide bonds. The Morgan fingerprint density at radius 2 is 1.74 bits per heavy atom. The van der Waals surface area contributed by atoms with Crippen LogP contribution in [-0.2, 0) is 10.0 Å². The van der Waals surface area contributed by atoms with E-state index in [-0.39, 0.29) is 5.25 Å². The molecule has 0 spiro atoms. The average molecular weight is 627 g/mol. The molecule has 0 atom stereocenters. The second-order valence-corrected chi connectivity index (χ2v) is 13.9. The molecule has 0 bridgehead atoms. The van der Waals surface area contributed by atoms with Crippen molar-refractivity contribution in [1.82, 2.24) is 20.2 Å². The van der Waals surface area contributed by atoms with Gasteiger partial charge in [0.05, 0.1) is 35.6 Å². The van der Waals surface area contributed by atoms with Crippen molar-refractivity contribution in [1.29, 1.82) is 0 Å². The van der Waals surface area contributed by atoms with Crippen molar-refractivity contribution in [2.24, 2.45) is 0 Å². The Morgan fingerprint density at radius 3 is 2.47 bits per heavy atom. The van der Waals surface area contributed by atoms with Crippen LogP contribution in [0.25, 0.3) is 0 Å². The molecular formula is C30H39ClN8O3S. The summed E-state index contributed by atoms with van der Waals surface area (Å²) in [7, 11) is -0.198. The number of hydrogen-bond donors (Lipinski definition) is 3. The number of ether oxygens (including phenoxy) is 1. The van der Waals surface area contributed by atoms with E-state index in [0.29, 0.717) is 52.8 Å². The molecule has 6 rings (SSSR count). The van der Waals surface area contributed by atoms with E-state index in [1.165, 1.54) is 10.5 Å². The summed E-state index contributed by atoms with van der Waals surface area (Å²) in [5.74, 6) is 1.37. The highest BCUT2D eigenvalue weighted by Gasteiger charge is 2.39. The number of methoxy groups -OCH3 is 1. The van der Waals surface area contributed by atoms with Crippen molar-refractivity contribution in [3.8, 4) is 5.75 Å². The highest BCUT2D eigenvalue weighted by atomic mass is 35.5. The first-order valence-corrected chi connectivity index (χ1v) is 16.7. The molecule has 43 heavy (non-hydrogen) atoms. The lowest BCUT2D eigenvalue weighted by Gasteiger charge is -2.41. The largest absolute Gasteiger partial charge is 0.494 e. The van der Waals surface area contributed by atoms with Crippen molar-refractivity contribution in [3.63, 3.8) is 0 Å². The van der Waals surface area contributed by atoms with Crippen LogP contribution >= 0.6 is 11.6 Å². The van der Waals surface area contributed by atoms with Gasteiger partial charge in [-0.2, -0.15) is 4.98 Å². The van der Waals surface area contributed by atoms with Crippen molar-refractivity contribution in [2.75, 3.05) is 73.3 Å². The Kier molecular flexibility index (Phi) is 8.80. The maximum atomic E-state index is 12.9. The number of para-hydroxylation sites is 2. The zero-order chi connectivity index (χ0) is 30.0. The molecule has 2 saturated heterocycles. The molecule has 1 saturated carbocycles. The lowest BCUT2D eigenvalue weighted by Crippen LogP contribution is -2.52. The van der Waals surface area contributed by atoms with E-state index in [2.05, 4.69) is 47.9 Å². The number of nitrogens with one attached hydrogen (secondary N) is 3. The van der Waals surface area contributed by atoms with Gasteiger partial charge in [-0.05, 0) is 49.9 Å². The summed E-state index contributed by atoms with van der Waals surface area (Å²) in [6.45, 7) is 6.45. The van der Waals surface area contributed by atoms with Crippen LogP contribution in [-0.4, -0.2) is 88.0 Å². The van der Waals surface area contributed by atoms with Gasteiger partial charge in [0.2, 0.25) is 16.0 Å². The third-order valence-electron chi connectivity index (χ3n) is 8.50. The number of piperazine rings is 1. The number of aromatic nitrogens is 2. The summed E-state index contributed by atoms with van der Waals surface area (Å²) < 4.78 is 32.9. The molecule has 0 radical (unpaired) electrons. The Balaban J connectivity index is 1.15. The molecule has 2 aromatic carbocycles. The molecule has 1 aliphatic carbocycles. The van der Waals surface area contributed by atoms with E-state index in [0.717, 1.165) is 63.5 Å². The Hall–Kier alpha value is -3.32. The van der Waals surface area contributed by atoms with Crippen LogP contribution in [0.15, 0.2) is 48.7 Å². The fourth-order valence-corrected chi connectivity index (χ4v) is 7.61. The predicted molar refractivity (Wildman–Crippen MR) is 173 cm³/mol.